The summed E-state index contributed by atoms with van der Waals surface area (Å²) in [6, 6.07) is 17.2. The summed E-state index contributed by atoms with van der Waals surface area (Å²) >= 11 is 3.39. The van der Waals surface area contributed by atoms with Crippen molar-refractivity contribution < 1.29 is 4.74 Å². The molecule has 0 saturated carbocycles. The fraction of sp³-hybridized carbons (Fsp3) is 0.0588. The lowest BCUT2D eigenvalue weighted by molar-refractivity contribution is 0.465. The van der Waals surface area contributed by atoms with Gasteiger partial charge in [0.25, 0.3) is 0 Å². The van der Waals surface area contributed by atoms with Gasteiger partial charge in [0.1, 0.15) is 11.6 Å². The molecule has 22 heavy (non-hydrogen) atoms. The van der Waals surface area contributed by atoms with E-state index < -0.39 is 0 Å². The normalized spacial score (nSPS) is 10.2. The van der Waals surface area contributed by atoms with Crippen molar-refractivity contribution >= 4 is 15.9 Å². The van der Waals surface area contributed by atoms with E-state index in [2.05, 4.69) is 32.0 Å². The number of aromatic amines is 1. The van der Waals surface area contributed by atoms with Crippen LogP contribution >= 0.6 is 15.9 Å². The average Bonchev–Trinajstić information content (AvgIpc) is 2.97. The van der Waals surface area contributed by atoms with Gasteiger partial charge in [-0.15, -0.1) is 0 Å². The van der Waals surface area contributed by atoms with Crippen LogP contribution in [0.3, 0.4) is 0 Å². The Morgan fingerprint density at radius 1 is 1.09 bits per heavy atom. The molecule has 4 nitrogen and oxygen atoms in total. The molecule has 0 bridgehead atoms. The summed E-state index contributed by atoms with van der Waals surface area (Å²) in [6.07, 6.45) is 2.33. The Labute approximate surface area is 136 Å². The van der Waals surface area contributed by atoms with E-state index in [1.54, 1.807) is 18.3 Å². The standard InChI is InChI=1S/C17H12BrN3O/c18-14-5-7-15(8-6-14)22-17-11-20-16(21-17)9-12-1-3-13(10-19)4-2-12/h1-8,11H,9H2,(H,20,21). The summed E-state index contributed by atoms with van der Waals surface area (Å²) in [5, 5.41) is 8.79. The zero-order valence-corrected chi connectivity index (χ0v) is 13.2. The van der Waals surface area contributed by atoms with Crippen molar-refractivity contribution in [2.24, 2.45) is 0 Å². The smallest absolute Gasteiger partial charge is 0.217 e. The first-order valence-corrected chi connectivity index (χ1v) is 7.48. The highest BCUT2D eigenvalue weighted by Gasteiger charge is 2.04. The van der Waals surface area contributed by atoms with Crippen molar-refractivity contribution in [2.75, 3.05) is 0 Å². The van der Waals surface area contributed by atoms with Gasteiger partial charge in [0.2, 0.25) is 5.88 Å². The third kappa shape index (κ3) is 3.54. The van der Waals surface area contributed by atoms with Crippen molar-refractivity contribution in [1.82, 2.24) is 9.97 Å². The van der Waals surface area contributed by atoms with Crippen LogP contribution in [0.25, 0.3) is 0 Å². The highest BCUT2D eigenvalue weighted by Crippen LogP contribution is 2.22. The molecule has 2 aromatic carbocycles. The van der Waals surface area contributed by atoms with Gasteiger partial charge < -0.3 is 9.72 Å². The van der Waals surface area contributed by atoms with Crippen LogP contribution in [0.1, 0.15) is 17.0 Å². The molecule has 0 unspecified atom stereocenters. The van der Waals surface area contributed by atoms with Crippen LogP contribution in [-0.2, 0) is 6.42 Å². The second-order valence-corrected chi connectivity index (χ2v) is 5.65. The third-order valence-electron chi connectivity index (χ3n) is 3.10. The van der Waals surface area contributed by atoms with Gasteiger partial charge in [0.15, 0.2) is 0 Å². The maximum absolute atomic E-state index is 8.79. The highest BCUT2D eigenvalue weighted by atomic mass is 79.9. The molecule has 3 aromatic rings. The van der Waals surface area contributed by atoms with E-state index in [1.165, 1.54) is 0 Å². The molecule has 0 aliphatic rings. The van der Waals surface area contributed by atoms with Gasteiger partial charge in [0.05, 0.1) is 17.8 Å². The van der Waals surface area contributed by atoms with Gasteiger partial charge in [-0.05, 0) is 42.0 Å². The number of aromatic nitrogens is 2. The SMILES string of the molecule is N#Cc1ccc(Cc2ncc(Oc3ccc(Br)cc3)[nH]2)cc1. The lowest BCUT2D eigenvalue weighted by Gasteiger charge is -2.02. The Balaban J connectivity index is 1.68. The Kier molecular flexibility index (Phi) is 4.22. The van der Waals surface area contributed by atoms with E-state index in [0.717, 1.165) is 21.6 Å². The van der Waals surface area contributed by atoms with Crippen molar-refractivity contribution in [3.63, 3.8) is 0 Å². The van der Waals surface area contributed by atoms with Gasteiger partial charge in [-0.25, -0.2) is 4.98 Å². The number of nitriles is 1. The van der Waals surface area contributed by atoms with E-state index in [-0.39, 0.29) is 0 Å². The Hall–Kier alpha value is -2.58. The van der Waals surface area contributed by atoms with Crippen LogP contribution in [0.5, 0.6) is 11.6 Å². The van der Waals surface area contributed by atoms with Crippen LogP contribution in [0.2, 0.25) is 0 Å². The summed E-state index contributed by atoms with van der Waals surface area (Å²) in [6.45, 7) is 0. The molecule has 3 rings (SSSR count). The number of imidazole rings is 1. The van der Waals surface area contributed by atoms with E-state index in [0.29, 0.717) is 17.9 Å². The number of hydrogen-bond donors (Lipinski definition) is 1. The van der Waals surface area contributed by atoms with Crippen molar-refractivity contribution in [3.05, 3.63) is 76.2 Å². The molecule has 0 aliphatic carbocycles. The minimum absolute atomic E-state index is 0.603. The zero-order valence-electron chi connectivity index (χ0n) is 11.6. The summed E-state index contributed by atoms with van der Waals surface area (Å²) < 4.78 is 6.71. The van der Waals surface area contributed by atoms with E-state index >= 15 is 0 Å². The minimum Gasteiger partial charge on any atom is -0.439 e. The number of halogens is 1. The first-order valence-electron chi connectivity index (χ1n) is 6.69. The van der Waals surface area contributed by atoms with Crippen molar-refractivity contribution in [3.8, 4) is 17.7 Å². The fourth-order valence-corrected chi connectivity index (χ4v) is 2.27. The Morgan fingerprint density at radius 2 is 1.82 bits per heavy atom. The average molecular weight is 354 g/mol. The van der Waals surface area contributed by atoms with Crippen LogP contribution < -0.4 is 4.74 Å². The predicted molar refractivity (Wildman–Crippen MR) is 86.8 cm³/mol. The highest BCUT2D eigenvalue weighted by molar-refractivity contribution is 9.10. The summed E-state index contributed by atoms with van der Waals surface area (Å²) in [4.78, 5) is 7.46. The molecular weight excluding hydrogens is 342 g/mol. The molecule has 0 atom stereocenters. The number of ether oxygens (including phenoxy) is 1. The monoisotopic (exact) mass is 353 g/mol. The number of H-pyrrole nitrogens is 1. The van der Waals surface area contributed by atoms with Gasteiger partial charge in [0, 0.05) is 10.9 Å². The summed E-state index contributed by atoms with van der Waals surface area (Å²) in [5.41, 5.74) is 1.74. The van der Waals surface area contributed by atoms with Gasteiger partial charge in [-0.2, -0.15) is 5.26 Å². The van der Waals surface area contributed by atoms with Crippen molar-refractivity contribution in [2.45, 2.75) is 6.42 Å². The van der Waals surface area contributed by atoms with Gasteiger partial charge in [-0.3, -0.25) is 0 Å². The molecule has 0 aliphatic heterocycles. The van der Waals surface area contributed by atoms with E-state index in [9.17, 15) is 0 Å². The second kappa shape index (κ2) is 6.46. The van der Waals surface area contributed by atoms with Gasteiger partial charge >= 0.3 is 0 Å². The number of hydrogen-bond acceptors (Lipinski definition) is 3. The Morgan fingerprint density at radius 3 is 2.50 bits per heavy atom. The lowest BCUT2D eigenvalue weighted by Crippen LogP contribution is -1.91. The number of nitrogens with one attached hydrogen (secondary N) is 1. The molecule has 0 fully saturated rings. The largest absolute Gasteiger partial charge is 0.439 e. The third-order valence-corrected chi connectivity index (χ3v) is 3.63. The molecule has 0 spiro atoms. The van der Waals surface area contributed by atoms with Crippen LogP contribution in [0.15, 0.2) is 59.2 Å². The minimum atomic E-state index is 0.603. The number of benzene rings is 2. The predicted octanol–water partition coefficient (Wildman–Crippen LogP) is 4.43. The summed E-state index contributed by atoms with van der Waals surface area (Å²) in [7, 11) is 0. The fourth-order valence-electron chi connectivity index (χ4n) is 2.01. The molecule has 1 N–H and O–H groups in total. The lowest BCUT2D eigenvalue weighted by atomic mass is 10.1. The summed E-state index contributed by atoms with van der Waals surface area (Å²) in [5.74, 6) is 2.17. The van der Waals surface area contributed by atoms with E-state index in [1.807, 2.05) is 36.4 Å². The quantitative estimate of drug-likeness (QED) is 0.754. The van der Waals surface area contributed by atoms with E-state index in [4.69, 9.17) is 10.00 Å². The molecule has 1 heterocycles. The molecule has 0 saturated heterocycles. The molecule has 5 heteroatoms. The maximum atomic E-state index is 8.79. The van der Waals surface area contributed by atoms with Crippen LogP contribution in [-0.4, -0.2) is 9.97 Å². The number of nitrogens with zero attached hydrogens (tertiary/aromatic N) is 2. The maximum Gasteiger partial charge on any atom is 0.217 e. The zero-order chi connectivity index (χ0) is 15.4. The van der Waals surface area contributed by atoms with Crippen molar-refractivity contribution in [1.29, 1.82) is 5.26 Å². The molecule has 0 amide bonds. The molecule has 0 radical (unpaired) electrons. The first-order chi connectivity index (χ1) is 10.7. The van der Waals surface area contributed by atoms with Gasteiger partial charge in [-0.1, -0.05) is 28.1 Å². The first kappa shape index (κ1) is 14.4. The topological polar surface area (TPSA) is 61.7 Å². The second-order valence-electron chi connectivity index (χ2n) is 4.74. The van der Waals surface area contributed by atoms with Crippen LogP contribution in [0.4, 0.5) is 0 Å². The van der Waals surface area contributed by atoms with Crippen LogP contribution in [0, 0.1) is 11.3 Å². The molecule has 1 aromatic heterocycles. The molecule has 108 valence electrons. The molecular formula is C17H12BrN3O. The Bertz CT molecular complexity index is 801. The number of rotatable bonds is 4.